The number of alkyl halides is 3. The van der Waals surface area contributed by atoms with Crippen molar-refractivity contribution >= 4 is 28.3 Å². The Kier molecular flexibility index (Phi) is 6.08. The zero-order valence-corrected chi connectivity index (χ0v) is 17.9. The Morgan fingerprint density at radius 2 is 1.94 bits per heavy atom. The number of nitriles is 2. The van der Waals surface area contributed by atoms with Crippen LogP contribution in [0.15, 0.2) is 46.4 Å². The highest BCUT2D eigenvalue weighted by Gasteiger charge is 2.30. The largest absolute Gasteiger partial charge is 0.457 e. The first-order chi connectivity index (χ1) is 15.8. The van der Waals surface area contributed by atoms with Crippen LogP contribution in [0.2, 0.25) is 0 Å². The molecule has 2 heterocycles. The molecule has 1 aliphatic rings. The quantitative estimate of drug-likeness (QED) is 0.359. The number of fused-ring (bicyclic) bond motifs is 1. The molecule has 2 aromatic heterocycles. The van der Waals surface area contributed by atoms with E-state index in [4.69, 9.17) is 4.42 Å². The number of nitrogens with one attached hydrogen (secondary N) is 1. The van der Waals surface area contributed by atoms with Crippen molar-refractivity contribution in [3.63, 3.8) is 0 Å². The minimum atomic E-state index is -4.49. The topological polar surface area (TPSA) is 89.8 Å². The molecular weight excluding hydrogens is 451 g/mol. The summed E-state index contributed by atoms with van der Waals surface area (Å²) in [5.41, 5.74) is 0.552. The first kappa shape index (κ1) is 22.4. The maximum Gasteiger partial charge on any atom is 0.416 e. The van der Waals surface area contributed by atoms with Gasteiger partial charge >= 0.3 is 6.18 Å². The summed E-state index contributed by atoms with van der Waals surface area (Å²) >= 11 is 1.35. The number of carbonyl (C=O) groups is 1. The normalized spacial score (nSPS) is 13.7. The molecule has 0 bridgehead atoms. The second-order valence-corrected chi connectivity index (χ2v) is 8.54. The zero-order chi connectivity index (χ0) is 23.6. The Morgan fingerprint density at radius 3 is 2.67 bits per heavy atom. The van der Waals surface area contributed by atoms with E-state index in [0.29, 0.717) is 10.6 Å². The number of aryl methyl sites for hydroxylation is 1. The molecule has 0 spiro atoms. The zero-order valence-electron chi connectivity index (χ0n) is 17.1. The third kappa shape index (κ3) is 4.69. The summed E-state index contributed by atoms with van der Waals surface area (Å²) in [4.78, 5) is 13.8. The van der Waals surface area contributed by atoms with Gasteiger partial charge in [-0.1, -0.05) is 12.1 Å². The van der Waals surface area contributed by atoms with Gasteiger partial charge in [-0.25, -0.2) is 0 Å². The lowest BCUT2D eigenvalue weighted by Crippen LogP contribution is -2.13. The third-order valence-corrected chi connectivity index (χ3v) is 6.47. The van der Waals surface area contributed by atoms with Crippen LogP contribution in [0, 0.1) is 22.7 Å². The highest BCUT2D eigenvalue weighted by Crippen LogP contribution is 2.38. The molecule has 1 amide bonds. The average molecular weight is 467 g/mol. The van der Waals surface area contributed by atoms with Crippen LogP contribution in [0.4, 0.5) is 18.2 Å². The van der Waals surface area contributed by atoms with Crippen molar-refractivity contribution in [3.8, 4) is 23.5 Å². The fourth-order valence-electron chi connectivity index (χ4n) is 3.67. The lowest BCUT2D eigenvalue weighted by Gasteiger charge is -2.09. The molecule has 9 heteroatoms. The van der Waals surface area contributed by atoms with Crippen LogP contribution in [0.5, 0.6) is 0 Å². The van der Waals surface area contributed by atoms with Gasteiger partial charge < -0.3 is 9.73 Å². The molecule has 0 saturated carbocycles. The SMILES string of the molecule is N#CC(=Cc1ccc(-c2cccc(C(F)(F)F)c2)o1)C(=O)Nc1sc2c(c1C#N)CCCC2. The molecule has 5 nitrogen and oxygen atoms in total. The number of halogens is 3. The van der Waals surface area contributed by atoms with Gasteiger partial charge in [0.05, 0.1) is 11.1 Å². The molecule has 33 heavy (non-hydrogen) atoms. The van der Waals surface area contributed by atoms with Crippen molar-refractivity contribution in [1.29, 1.82) is 10.5 Å². The summed E-state index contributed by atoms with van der Waals surface area (Å²) in [5, 5.41) is 22.1. The van der Waals surface area contributed by atoms with Crippen molar-refractivity contribution in [1.82, 2.24) is 0 Å². The van der Waals surface area contributed by atoms with Crippen molar-refractivity contribution in [2.45, 2.75) is 31.9 Å². The minimum Gasteiger partial charge on any atom is -0.457 e. The maximum atomic E-state index is 13.0. The highest BCUT2D eigenvalue weighted by molar-refractivity contribution is 7.16. The fraction of sp³-hybridized carbons (Fsp3) is 0.208. The van der Waals surface area contributed by atoms with Crippen molar-refractivity contribution in [3.05, 3.63) is 69.3 Å². The number of benzene rings is 1. The molecule has 4 rings (SSSR count). The van der Waals surface area contributed by atoms with Gasteiger partial charge in [0.15, 0.2) is 0 Å². The molecule has 3 aromatic rings. The second kappa shape index (κ2) is 8.97. The predicted octanol–water partition coefficient (Wildman–Crippen LogP) is 6.32. The minimum absolute atomic E-state index is 0.139. The first-order valence-corrected chi connectivity index (χ1v) is 10.9. The van der Waals surface area contributed by atoms with E-state index in [0.717, 1.165) is 48.3 Å². The predicted molar refractivity (Wildman–Crippen MR) is 117 cm³/mol. The second-order valence-electron chi connectivity index (χ2n) is 7.43. The summed E-state index contributed by atoms with van der Waals surface area (Å²) in [6, 6.07) is 11.6. The van der Waals surface area contributed by atoms with Crippen LogP contribution < -0.4 is 5.32 Å². The van der Waals surface area contributed by atoms with Crippen LogP contribution in [0.1, 0.15) is 40.2 Å². The van der Waals surface area contributed by atoms with Crippen LogP contribution in [-0.2, 0) is 23.8 Å². The standard InChI is InChI=1S/C24H16F3N3O2S/c25-24(26,27)16-5-3-4-14(10-16)20-9-8-17(32-20)11-15(12-28)22(31)30-23-19(13-29)18-6-1-2-7-21(18)33-23/h3-5,8-11H,1-2,6-7H2,(H,30,31). The number of thiophene rings is 1. The van der Waals surface area contributed by atoms with Gasteiger partial charge in [0.1, 0.15) is 34.2 Å². The molecule has 0 unspecified atom stereocenters. The summed E-state index contributed by atoms with van der Waals surface area (Å²) in [6.45, 7) is 0. The van der Waals surface area contributed by atoms with Crippen LogP contribution in [0.3, 0.4) is 0 Å². The van der Waals surface area contributed by atoms with E-state index >= 15 is 0 Å². The molecule has 1 N–H and O–H groups in total. The summed E-state index contributed by atoms with van der Waals surface area (Å²) < 4.78 is 44.4. The number of hydrogen-bond donors (Lipinski definition) is 1. The summed E-state index contributed by atoms with van der Waals surface area (Å²) in [7, 11) is 0. The fourth-order valence-corrected chi connectivity index (χ4v) is 4.90. The molecule has 0 radical (unpaired) electrons. The molecule has 0 aliphatic heterocycles. The number of nitrogens with zero attached hydrogens (tertiary/aromatic N) is 2. The number of furan rings is 1. The van der Waals surface area contributed by atoms with Gasteiger partial charge in [-0.3, -0.25) is 4.79 Å². The van der Waals surface area contributed by atoms with E-state index in [1.807, 2.05) is 6.07 Å². The van der Waals surface area contributed by atoms with E-state index in [-0.39, 0.29) is 22.7 Å². The number of anilines is 1. The Labute approximate surface area is 191 Å². The monoisotopic (exact) mass is 467 g/mol. The molecule has 166 valence electrons. The highest BCUT2D eigenvalue weighted by atomic mass is 32.1. The number of hydrogen-bond acceptors (Lipinski definition) is 5. The molecular formula is C24H16F3N3O2S. The van der Waals surface area contributed by atoms with Gasteiger partial charge in [0.25, 0.3) is 5.91 Å². The number of rotatable bonds is 4. The third-order valence-electron chi connectivity index (χ3n) is 5.26. The Morgan fingerprint density at radius 1 is 1.15 bits per heavy atom. The van der Waals surface area contributed by atoms with Crippen LogP contribution in [-0.4, -0.2) is 5.91 Å². The lowest BCUT2D eigenvalue weighted by atomic mass is 9.96. The van der Waals surface area contributed by atoms with Gasteiger partial charge in [-0.2, -0.15) is 23.7 Å². The van der Waals surface area contributed by atoms with Crippen LogP contribution >= 0.6 is 11.3 Å². The Balaban J connectivity index is 1.57. The average Bonchev–Trinajstić information content (AvgIpc) is 3.40. The summed E-state index contributed by atoms with van der Waals surface area (Å²) in [5.74, 6) is -0.382. The van der Waals surface area contributed by atoms with Gasteiger partial charge in [0, 0.05) is 16.5 Å². The first-order valence-electron chi connectivity index (χ1n) is 10.1. The van der Waals surface area contributed by atoms with Gasteiger partial charge in [-0.15, -0.1) is 11.3 Å². The van der Waals surface area contributed by atoms with E-state index in [1.165, 1.54) is 41.7 Å². The molecule has 1 aliphatic carbocycles. The Bertz CT molecular complexity index is 1340. The maximum absolute atomic E-state index is 13.0. The van der Waals surface area contributed by atoms with Crippen LogP contribution in [0.25, 0.3) is 17.4 Å². The van der Waals surface area contributed by atoms with E-state index in [2.05, 4.69) is 11.4 Å². The lowest BCUT2D eigenvalue weighted by molar-refractivity contribution is -0.137. The van der Waals surface area contributed by atoms with Crippen molar-refractivity contribution in [2.75, 3.05) is 5.32 Å². The van der Waals surface area contributed by atoms with Crippen molar-refractivity contribution in [2.24, 2.45) is 0 Å². The van der Waals surface area contributed by atoms with Gasteiger partial charge in [-0.05, 0) is 55.5 Å². The molecule has 0 saturated heterocycles. The molecule has 0 fully saturated rings. The van der Waals surface area contributed by atoms with E-state index < -0.39 is 17.6 Å². The van der Waals surface area contributed by atoms with Gasteiger partial charge in [0.2, 0.25) is 0 Å². The Hall–Kier alpha value is -3.82. The van der Waals surface area contributed by atoms with E-state index in [1.54, 1.807) is 0 Å². The number of carbonyl (C=O) groups excluding carboxylic acids is 1. The molecule has 0 atom stereocenters. The molecule has 1 aromatic carbocycles. The smallest absolute Gasteiger partial charge is 0.416 e. The van der Waals surface area contributed by atoms with E-state index in [9.17, 15) is 28.5 Å². The van der Waals surface area contributed by atoms with Crippen molar-refractivity contribution < 1.29 is 22.4 Å². The number of amides is 1. The summed E-state index contributed by atoms with van der Waals surface area (Å²) in [6.07, 6.45) is 0.392.